The lowest BCUT2D eigenvalue weighted by Gasteiger charge is -2.24. The molecule has 0 aromatic rings. The quantitative estimate of drug-likeness (QED) is 0.665. The summed E-state index contributed by atoms with van der Waals surface area (Å²) < 4.78 is 0. The van der Waals surface area contributed by atoms with Crippen LogP contribution < -0.4 is 5.73 Å². The van der Waals surface area contributed by atoms with Gasteiger partial charge in [0.25, 0.3) is 0 Å². The van der Waals surface area contributed by atoms with Gasteiger partial charge >= 0.3 is 0 Å². The summed E-state index contributed by atoms with van der Waals surface area (Å²) in [5, 5.41) is 8.32. The summed E-state index contributed by atoms with van der Waals surface area (Å²) in [5.41, 5.74) is 5.69. The molecule has 0 atom stereocenters. The molecule has 0 heterocycles. The lowest BCUT2D eigenvalue weighted by atomic mass is 9.83. The largest absolute Gasteiger partial charge is 0.328 e. The van der Waals surface area contributed by atoms with Crippen molar-refractivity contribution in [3.05, 3.63) is 0 Å². The maximum atomic E-state index is 11.2. The van der Waals surface area contributed by atoms with Gasteiger partial charge in [-0.25, -0.2) is 0 Å². The van der Waals surface area contributed by atoms with Crippen LogP contribution in [0.25, 0.3) is 0 Å². The number of rotatable bonds is 2. The topological polar surface area (TPSA) is 66.9 Å². The molecule has 0 unspecified atom stereocenters. The Morgan fingerprint density at radius 2 is 2.00 bits per heavy atom. The number of carbonyl (C=O) groups excluding carboxylic acids is 1. The molecule has 0 aliphatic heterocycles. The first-order chi connectivity index (χ1) is 5.74. The summed E-state index contributed by atoms with van der Waals surface area (Å²) >= 11 is 0. The van der Waals surface area contributed by atoms with Crippen LogP contribution >= 0.6 is 0 Å². The van der Waals surface area contributed by atoms with E-state index in [2.05, 4.69) is 0 Å². The molecule has 1 rings (SSSR count). The second kappa shape index (κ2) is 4.22. The van der Waals surface area contributed by atoms with Crippen molar-refractivity contribution in [3.8, 4) is 6.07 Å². The molecule has 0 saturated heterocycles. The number of ketones is 1. The van der Waals surface area contributed by atoms with E-state index in [0.29, 0.717) is 0 Å². The third kappa shape index (κ3) is 2.31. The summed E-state index contributed by atoms with van der Waals surface area (Å²) in [6.45, 7) is 0. The van der Waals surface area contributed by atoms with Gasteiger partial charge in [-0.1, -0.05) is 0 Å². The van der Waals surface area contributed by atoms with E-state index in [1.165, 1.54) is 0 Å². The standard InChI is InChI=1S/C9H14N2O/c10-6-5-9(12)7-1-3-8(11)4-2-7/h7-8H,1-5,11H2. The van der Waals surface area contributed by atoms with E-state index in [4.69, 9.17) is 11.0 Å². The fraction of sp³-hybridized carbons (Fsp3) is 0.778. The summed E-state index contributed by atoms with van der Waals surface area (Å²) in [7, 11) is 0. The molecule has 0 aromatic carbocycles. The molecule has 1 aliphatic rings. The predicted octanol–water partition coefficient (Wildman–Crippen LogP) is 0.987. The van der Waals surface area contributed by atoms with E-state index in [1.54, 1.807) is 0 Å². The fourth-order valence-corrected chi connectivity index (χ4v) is 1.66. The molecule has 0 radical (unpaired) electrons. The number of carbonyl (C=O) groups is 1. The zero-order valence-corrected chi connectivity index (χ0v) is 7.12. The minimum Gasteiger partial charge on any atom is -0.328 e. The van der Waals surface area contributed by atoms with Gasteiger partial charge in [0.05, 0.1) is 12.5 Å². The van der Waals surface area contributed by atoms with Gasteiger partial charge < -0.3 is 5.73 Å². The summed E-state index contributed by atoms with van der Waals surface area (Å²) in [4.78, 5) is 11.2. The van der Waals surface area contributed by atoms with Gasteiger partial charge in [0.15, 0.2) is 0 Å². The lowest BCUT2D eigenvalue weighted by Crippen LogP contribution is -2.29. The van der Waals surface area contributed by atoms with Crippen LogP contribution in [-0.2, 0) is 4.79 Å². The molecule has 1 fully saturated rings. The average molecular weight is 166 g/mol. The van der Waals surface area contributed by atoms with E-state index in [-0.39, 0.29) is 24.2 Å². The van der Waals surface area contributed by atoms with Crippen molar-refractivity contribution in [1.82, 2.24) is 0 Å². The maximum Gasteiger partial charge on any atom is 0.149 e. The molecular formula is C9H14N2O. The Morgan fingerprint density at radius 1 is 1.42 bits per heavy atom. The van der Waals surface area contributed by atoms with Crippen LogP contribution in [0.2, 0.25) is 0 Å². The number of nitriles is 1. The van der Waals surface area contributed by atoms with E-state index in [9.17, 15) is 4.79 Å². The third-order valence-corrected chi connectivity index (χ3v) is 2.48. The van der Waals surface area contributed by atoms with Gasteiger partial charge in [-0.15, -0.1) is 0 Å². The van der Waals surface area contributed by atoms with E-state index in [0.717, 1.165) is 25.7 Å². The van der Waals surface area contributed by atoms with E-state index < -0.39 is 0 Å². The van der Waals surface area contributed by atoms with E-state index >= 15 is 0 Å². The van der Waals surface area contributed by atoms with E-state index in [1.807, 2.05) is 6.07 Å². The Hall–Kier alpha value is -0.880. The van der Waals surface area contributed by atoms with Crippen molar-refractivity contribution in [1.29, 1.82) is 5.26 Å². The van der Waals surface area contributed by atoms with Crippen LogP contribution in [0.1, 0.15) is 32.1 Å². The summed E-state index contributed by atoms with van der Waals surface area (Å²) in [5.74, 6) is 0.217. The van der Waals surface area contributed by atoms with Gasteiger partial charge in [0, 0.05) is 12.0 Å². The Morgan fingerprint density at radius 3 is 2.50 bits per heavy atom. The van der Waals surface area contributed by atoms with Crippen LogP contribution in [0.3, 0.4) is 0 Å². The molecule has 3 heteroatoms. The molecule has 0 bridgehead atoms. The molecular weight excluding hydrogens is 152 g/mol. The van der Waals surface area contributed by atoms with Crippen molar-refractivity contribution in [2.45, 2.75) is 38.1 Å². The van der Waals surface area contributed by atoms with Crippen molar-refractivity contribution in [3.63, 3.8) is 0 Å². The van der Waals surface area contributed by atoms with Gasteiger partial charge in [-0.05, 0) is 25.7 Å². The Bertz CT molecular complexity index is 199. The average Bonchev–Trinajstić information content (AvgIpc) is 2.06. The Labute approximate surface area is 72.5 Å². The highest BCUT2D eigenvalue weighted by molar-refractivity contribution is 5.82. The number of nitrogens with two attached hydrogens (primary N) is 1. The zero-order valence-electron chi connectivity index (χ0n) is 7.12. The first-order valence-electron chi connectivity index (χ1n) is 4.39. The van der Waals surface area contributed by atoms with Crippen molar-refractivity contribution in [2.24, 2.45) is 11.7 Å². The van der Waals surface area contributed by atoms with Crippen LogP contribution in [0.5, 0.6) is 0 Å². The van der Waals surface area contributed by atoms with Crippen molar-refractivity contribution < 1.29 is 4.79 Å². The number of hydrogen-bond donors (Lipinski definition) is 1. The minimum absolute atomic E-state index is 0.0693. The van der Waals surface area contributed by atoms with Gasteiger partial charge in [-0.2, -0.15) is 5.26 Å². The summed E-state index contributed by atoms with van der Waals surface area (Å²) in [6, 6.07) is 2.17. The highest BCUT2D eigenvalue weighted by Crippen LogP contribution is 2.24. The van der Waals surface area contributed by atoms with Crippen LogP contribution in [0.4, 0.5) is 0 Å². The Balaban J connectivity index is 2.35. The lowest BCUT2D eigenvalue weighted by molar-refractivity contribution is -0.122. The molecule has 1 saturated carbocycles. The summed E-state index contributed by atoms with van der Waals surface area (Å²) in [6.07, 6.45) is 3.69. The molecule has 12 heavy (non-hydrogen) atoms. The first kappa shape index (κ1) is 9.21. The maximum absolute atomic E-state index is 11.2. The second-order valence-electron chi connectivity index (χ2n) is 3.41. The SMILES string of the molecule is N#CCC(=O)C1CCC(N)CC1. The number of Topliss-reactive ketones (excluding diaryl/α,β-unsaturated/α-hetero) is 1. The highest BCUT2D eigenvalue weighted by atomic mass is 16.1. The van der Waals surface area contributed by atoms with Crippen molar-refractivity contribution in [2.75, 3.05) is 0 Å². The first-order valence-corrected chi connectivity index (χ1v) is 4.39. The number of nitrogens with zero attached hydrogens (tertiary/aromatic N) is 1. The minimum atomic E-state index is 0.0693. The van der Waals surface area contributed by atoms with Crippen LogP contribution in [0.15, 0.2) is 0 Å². The van der Waals surface area contributed by atoms with Gasteiger partial charge in [0.2, 0.25) is 0 Å². The molecule has 2 N–H and O–H groups in total. The fourth-order valence-electron chi connectivity index (χ4n) is 1.66. The second-order valence-corrected chi connectivity index (χ2v) is 3.41. The predicted molar refractivity (Wildman–Crippen MR) is 45.2 cm³/mol. The molecule has 3 nitrogen and oxygen atoms in total. The highest BCUT2D eigenvalue weighted by Gasteiger charge is 2.23. The molecule has 66 valence electrons. The molecule has 1 aliphatic carbocycles. The molecule has 0 aromatic heterocycles. The Kier molecular flexibility index (Phi) is 3.24. The molecule has 0 amide bonds. The smallest absolute Gasteiger partial charge is 0.149 e. The van der Waals surface area contributed by atoms with Gasteiger partial charge in [-0.3, -0.25) is 4.79 Å². The van der Waals surface area contributed by atoms with Gasteiger partial charge in [0.1, 0.15) is 5.78 Å². The van der Waals surface area contributed by atoms with Crippen LogP contribution in [-0.4, -0.2) is 11.8 Å². The molecule has 0 spiro atoms. The normalized spacial score (nSPS) is 29.3. The monoisotopic (exact) mass is 166 g/mol. The van der Waals surface area contributed by atoms with Crippen LogP contribution in [0, 0.1) is 17.2 Å². The third-order valence-electron chi connectivity index (χ3n) is 2.48. The van der Waals surface area contributed by atoms with Crippen molar-refractivity contribution >= 4 is 5.78 Å². The number of hydrogen-bond acceptors (Lipinski definition) is 3. The zero-order chi connectivity index (χ0) is 8.97.